The van der Waals surface area contributed by atoms with Gasteiger partial charge in [-0.1, -0.05) is 51.8 Å². The molecule has 2 aromatic carbocycles. The van der Waals surface area contributed by atoms with Crippen molar-refractivity contribution in [3.8, 4) is 0 Å². The first-order valence-electron chi connectivity index (χ1n) is 8.76. The average Bonchev–Trinajstić information content (AvgIpc) is 2.64. The van der Waals surface area contributed by atoms with Crippen molar-refractivity contribution in [3.63, 3.8) is 0 Å². The third kappa shape index (κ3) is 4.53. The zero-order valence-corrected chi connectivity index (χ0v) is 17.1. The van der Waals surface area contributed by atoms with Crippen molar-refractivity contribution < 1.29 is 23.1 Å². The molecule has 3 rings (SSSR count). The second-order valence-electron chi connectivity index (χ2n) is 6.83. The highest BCUT2D eigenvalue weighted by molar-refractivity contribution is 9.10. The Morgan fingerprint density at radius 3 is 2.61 bits per heavy atom. The van der Waals surface area contributed by atoms with Crippen LogP contribution in [0.25, 0.3) is 0 Å². The first-order valence-corrected chi connectivity index (χ1v) is 9.93. The Labute approximate surface area is 174 Å². The number of hydrogen-bond acceptors (Lipinski definition) is 2. The highest BCUT2D eigenvalue weighted by atomic mass is 79.9. The molecule has 0 radical (unpaired) electrons. The number of piperidine rings is 1. The van der Waals surface area contributed by atoms with Crippen molar-refractivity contribution in [2.75, 3.05) is 13.1 Å². The molecule has 0 spiro atoms. The molecular formula is C20H18BrClF3NO2. The van der Waals surface area contributed by atoms with Gasteiger partial charge in [0, 0.05) is 11.0 Å². The Bertz CT molecular complexity index is 875. The van der Waals surface area contributed by atoms with Crippen molar-refractivity contribution in [2.24, 2.45) is 5.92 Å². The quantitative estimate of drug-likeness (QED) is 0.588. The summed E-state index contributed by atoms with van der Waals surface area (Å²) in [6.45, 7) is 0.866. The monoisotopic (exact) mass is 475 g/mol. The second-order valence-corrected chi connectivity index (χ2v) is 8.09. The third-order valence-corrected chi connectivity index (χ3v) is 6.03. The van der Waals surface area contributed by atoms with Gasteiger partial charge < -0.3 is 5.11 Å². The lowest BCUT2D eigenvalue weighted by molar-refractivity contribution is -0.143. The molecule has 3 nitrogen and oxygen atoms in total. The van der Waals surface area contributed by atoms with Crippen LogP contribution in [0.15, 0.2) is 46.9 Å². The Morgan fingerprint density at radius 2 is 1.96 bits per heavy atom. The molecule has 0 aliphatic carbocycles. The molecule has 1 N–H and O–H groups in total. The lowest BCUT2D eigenvalue weighted by Crippen LogP contribution is -2.41. The van der Waals surface area contributed by atoms with E-state index in [9.17, 15) is 23.1 Å². The van der Waals surface area contributed by atoms with Gasteiger partial charge in [-0.15, -0.1) is 0 Å². The van der Waals surface area contributed by atoms with Crippen molar-refractivity contribution in [1.82, 2.24) is 4.90 Å². The topological polar surface area (TPSA) is 40.5 Å². The number of carbonyl (C=O) groups is 1. The number of benzene rings is 2. The Hall–Kier alpha value is -1.57. The number of carboxylic acid groups (broad SMARTS) is 1. The van der Waals surface area contributed by atoms with E-state index >= 15 is 0 Å². The summed E-state index contributed by atoms with van der Waals surface area (Å²) in [5.41, 5.74) is 0.314. The summed E-state index contributed by atoms with van der Waals surface area (Å²) in [7, 11) is 0. The Kier molecular flexibility index (Phi) is 6.37. The fourth-order valence-electron chi connectivity index (χ4n) is 3.66. The van der Waals surface area contributed by atoms with Crippen LogP contribution in [0.2, 0.25) is 5.02 Å². The van der Waals surface area contributed by atoms with E-state index in [1.807, 2.05) is 29.2 Å². The third-order valence-electron chi connectivity index (χ3n) is 4.98. The largest absolute Gasteiger partial charge is 0.481 e. The predicted octanol–water partition coefficient (Wildman–Crippen LogP) is 6.01. The van der Waals surface area contributed by atoms with Gasteiger partial charge in [-0.05, 0) is 48.7 Å². The molecule has 1 fully saturated rings. The molecule has 1 aliphatic rings. The molecule has 8 heteroatoms. The van der Waals surface area contributed by atoms with E-state index in [4.69, 9.17) is 11.6 Å². The van der Waals surface area contributed by atoms with E-state index in [0.29, 0.717) is 24.9 Å². The Balaban J connectivity index is 2.10. The number of carboxylic acids is 1. The van der Waals surface area contributed by atoms with Gasteiger partial charge in [0.2, 0.25) is 0 Å². The summed E-state index contributed by atoms with van der Waals surface area (Å²) in [5.74, 6) is -1.43. The number of halogens is 5. The molecule has 2 unspecified atom stereocenters. The summed E-state index contributed by atoms with van der Waals surface area (Å²) in [6.07, 6.45) is -3.35. The summed E-state index contributed by atoms with van der Waals surface area (Å²) in [5, 5.41) is 9.06. The highest BCUT2D eigenvalue weighted by Crippen LogP contribution is 2.40. The summed E-state index contributed by atoms with van der Waals surface area (Å²) >= 11 is 9.28. The van der Waals surface area contributed by atoms with Gasteiger partial charge in [-0.2, -0.15) is 13.2 Å². The Morgan fingerprint density at radius 1 is 1.25 bits per heavy atom. The number of alkyl halides is 3. The zero-order chi connectivity index (χ0) is 20.5. The van der Waals surface area contributed by atoms with Gasteiger partial charge in [0.15, 0.2) is 0 Å². The first kappa shape index (κ1) is 21.1. The SMILES string of the molecule is O=C(O)C1CCCN(C(c2ccc(Cl)c(C(F)(F)F)c2)c2ccccc2Br)C1. The molecule has 0 amide bonds. The van der Waals surface area contributed by atoms with Crippen LogP contribution >= 0.6 is 27.5 Å². The smallest absolute Gasteiger partial charge is 0.417 e. The molecule has 1 saturated heterocycles. The number of rotatable bonds is 4. The van der Waals surface area contributed by atoms with E-state index in [1.54, 1.807) is 6.07 Å². The van der Waals surface area contributed by atoms with Gasteiger partial charge in [-0.3, -0.25) is 9.69 Å². The van der Waals surface area contributed by atoms with Gasteiger partial charge in [0.25, 0.3) is 0 Å². The molecule has 2 atom stereocenters. The van der Waals surface area contributed by atoms with Crippen LogP contribution in [0.3, 0.4) is 0 Å². The number of hydrogen-bond donors (Lipinski definition) is 1. The number of likely N-dealkylation sites (tertiary alicyclic amines) is 1. The van der Waals surface area contributed by atoms with Crippen LogP contribution in [-0.4, -0.2) is 29.1 Å². The fourth-order valence-corrected chi connectivity index (χ4v) is 4.38. The maximum absolute atomic E-state index is 13.4. The van der Waals surface area contributed by atoms with Gasteiger partial charge in [0.1, 0.15) is 0 Å². The van der Waals surface area contributed by atoms with Crippen LogP contribution < -0.4 is 0 Å². The maximum atomic E-state index is 13.4. The van der Waals surface area contributed by atoms with Gasteiger partial charge in [0.05, 0.1) is 22.5 Å². The first-order chi connectivity index (χ1) is 13.2. The van der Waals surface area contributed by atoms with Gasteiger partial charge >= 0.3 is 12.1 Å². The summed E-state index contributed by atoms with van der Waals surface area (Å²) < 4.78 is 40.9. The molecule has 2 aromatic rings. The summed E-state index contributed by atoms with van der Waals surface area (Å²) in [4.78, 5) is 13.4. The van der Waals surface area contributed by atoms with E-state index in [1.165, 1.54) is 6.07 Å². The van der Waals surface area contributed by atoms with Crippen molar-refractivity contribution >= 4 is 33.5 Å². The summed E-state index contributed by atoms with van der Waals surface area (Å²) in [6, 6.07) is 10.7. The van der Waals surface area contributed by atoms with Crippen LogP contribution in [-0.2, 0) is 11.0 Å². The van der Waals surface area contributed by atoms with Crippen LogP contribution in [0.4, 0.5) is 13.2 Å². The van der Waals surface area contributed by atoms with Crippen molar-refractivity contribution in [1.29, 1.82) is 0 Å². The normalized spacial score (nSPS) is 19.4. The standard InChI is InChI=1S/C20H18BrClF3NO2/c21-16-6-2-1-5-14(16)18(26-9-3-4-13(11-26)19(27)28)12-7-8-17(22)15(10-12)20(23,24)25/h1-2,5-8,10,13,18H,3-4,9,11H2,(H,27,28). The van der Waals surface area contributed by atoms with Crippen LogP contribution in [0, 0.1) is 5.92 Å². The van der Waals surface area contributed by atoms with Crippen LogP contribution in [0.1, 0.15) is 35.6 Å². The average molecular weight is 477 g/mol. The number of aliphatic carboxylic acids is 1. The second kappa shape index (κ2) is 8.43. The minimum Gasteiger partial charge on any atom is -0.481 e. The maximum Gasteiger partial charge on any atom is 0.417 e. The van der Waals surface area contributed by atoms with Crippen LogP contribution in [0.5, 0.6) is 0 Å². The van der Waals surface area contributed by atoms with E-state index in [2.05, 4.69) is 15.9 Å². The zero-order valence-electron chi connectivity index (χ0n) is 14.7. The molecule has 28 heavy (non-hydrogen) atoms. The van der Waals surface area contributed by atoms with E-state index in [0.717, 1.165) is 16.1 Å². The molecule has 1 heterocycles. The van der Waals surface area contributed by atoms with Crippen molar-refractivity contribution in [3.05, 3.63) is 68.7 Å². The fraction of sp³-hybridized carbons (Fsp3) is 0.350. The molecule has 0 saturated carbocycles. The molecule has 1 aliphatic heterocycles. The lowest BCUT2D eigenvalue weighted by atomic mass is 9.91. The van der Waals surface area contributed by atoms with Gasteiger partial charge in [-0.25, -0.2) is 0 Å². The minimum atomic E-state index is -4.57. The molecular weight excluding hydrogens is 459 g/mol. The lowest BCUT2D eigenvalue weighted by Gasteiger charge is -2.38. The highest BCUT2D eigenvalue weighted by Gasteiger charge is 2.36. The van der Waals surface area contributed by atoms with E-state index in [-0.39, 0.29) is 11.6 Å². The van der Waals surface area contributed by atoms with E-state index < -0.39 is 29.7 Å². The number of nitrogens with zero attached hydrogens (tertiary/aromatic N) is 1. The van der Waals surface area contributed by atoms with Crippen molar-refractivity contribution in [2.45, 2.75) is 25.1 Å². The predicted molar refractivity (Wildman–Crippen MR) is 104 cm³/mol. The molecule has 0 aromatic heterocycles. The molecule has 0 bridgehead atoms. The minimum absolute atomic E-state index is 0.269. The molecule has 150 valence electrons.